The first-order valence-electron chi connectivity index (χ1n) is 7.31. The number of carbonyl (C=O) groups is 1. The molecule has 1 aromatic heterocycles. The number of aromatic nitrogens is 1. The predicted octanol–water partition coefficient (Wildman–Crippen LogP) is 1.01. The highest BCUT2D eigenvalue weighted by Gasteiger charge is 2.34. The molecule has 0 aliphatic carbocycles. The van der Waals surface area contributed by atoms with Crippen LogP contribution in [0.2, 0.25) is 0 Å². The molecule has 21 heavy (non-hydrogen) atoms. The fraction of sp³-hybridized carbons (Fsp3) is 0.643. The summed E-state index contributed by atoms with van der Waals surface area (Å²) in [6.07, 6.45) is 4.29. The van der Waals surface area contributed by atoms with Crippen molar-refractivity contribution in [2.24, 2.45) is 0 Å². The van der Waals surface area contributed by atoms with Crippen molar-refractivity contribution in [1.29, 1.82) is 0 Å². The zero-order chi connectivity index (χ0) is 15.0. The highest BCUT2D eigenvalue weighted by Crippen LogP contribution is 2.28. The standard InChI is InChI=1S/C14H20N2O4S/c17-14(18)13-2-1-6-16(13)11-3-7-15(8-4-11)12-5-9-21(19,20)10-12/h1-2,6,11-12H,3-5,7-10H2,(H,17,18). The Hall–Kier alpha value is -1.34. The smallest absolute Gasteiger partial charge is 0.352 e. The number of carboxylic acid groups (broad SMARTS) is 1. The van der Waals surface area contributed by atoms with Gasteiger partial charge in [0.1, 0.15) is 5.69 Å². The van der Waals surface area contributed by atoms with Crippen LogP contribution in [0.4, 0.5) is 0 Å². The van der Waals surface area contributed by atoms with E-state index in [-0.39, 0.29) is 17.8 Å². The van der Waals surface area contributed by atoms with Gasteiger partial charge in [-0.05, 0) is 31.4 Å². The van der Waals surface area contributed by atoms with Crippen molar-refractivity contribution in [3.8, 4) is 0 Å². The minimum atomic E-state index is -2.84. The molecule has 6 nitrogen and oxygen atoms in total. The third-order valence-corrected chi connectivity index (χ3v) is 6.37. The van der Waals surface area contributed by atoms with Gasteiger partial charge >= 0.3 is 5.97 Å². The largest absolute Gasteiger partial charge is 0.477 e. The van der Waals surface area contributed by atoms with E-state index >= 15 is 0 Å². The van der Waals surface area contributed by atoms with Crippen LogP contribution in [-0.2, 0) is 9.84 Å². The van der Waals surface area contributed by atoms with Gasteiger partial charge in [0.15, 0.2) is 9.84 Å². The van der Waals surface area contributed by atoms with Gasteiger partial charge in [-0.25, -0.2) is 13.2 Å². The van der Waals surface area contributed by atoms with Gasteiger partial charge < -0.3 is 9.67 Å². The molecule has 0 spiro atoms. The number of hydrogen-bond donors (Lipinski definition) is 1. The Bertz CT molecular complexity index is 629. The van der Waals surface area contributed by atoms with Crippen LogP contribution < -0.4 is 0 Å². The number of piperidine rings is 1. The molecule has 3 rings (SSSR count). The molecule has 1 aromatic rings. The van der Waals surface area contributed by atoms with Crippen molar-refractivity contribution in [3.63, 3.8) is 0 Å². The Morgan fingerprint density at radius 2 is 1.90 bits per heavy atom. The summed E-state index contributed by atoms with van der Waals surface area (Å²) in [6, 6.07) is 3.73. The summed E-state index contributed by atoms with van der Waals surface area (Å²) in [5, 5.41) is 9.17. The number of sulfone groups is 1. The molecule has 0 radical (unpaired) electrons. The molecule has 3 heterocycles. The quantitative estimate of drug-likeness (QED) is 0.901. The van der Waals surface area contributed by atoms with E-state index in [2.05, 4.69) is 4.90 Å². The maximum atomic E-state index is 11.6. The van der Waals surface area contributed by atoms with Crippen LogP contribution in [0.3, 0.4) is 0 Å². The minimum absolute atomic E-state index is 0.152. The molecule has 2 saturated heterocycles. The van der Waals surface area contributed by atoms with Gasteiger partial charge in [-0.1, -0.05) is 0 Å². The fourth-order valence-electron chi connectivity index (χ4n) is 3.49. The van der Waals surface area contributed by atoms with Gasteiger partial charge in [0.25, 0.3) is 0 Å². The lowest BCUT2D eigenvalue weighted by Crippen LogP contribution is -2.42. The van der Waals surface area contributed by atoms with E-state index in [4.69, 9.17) is 5.11 Å². The maximum Gasteiger partial charge on any atom is 0.352 e. The summed E-state index contributed by atoms with van der Waals surface area (Å²) in [7, 11) is -2.84. The van der Waals surface area contributed by atoms with Crippen molar-refractivity contribution < 1.29 is 18.3 Å². The van der Waals surface area contributed by atoms with Crippen molar-refractivity contribution in [1.82, 2.24) is 9.47 Å². The molecular formula is C14H20N2O4S. The molecule has 2 fully saturated rings. The summed E-state index contributed by atoms with van der Waals surface area (Å²) in [6.45, 7) is 1.67. The summed E-state index contributed by atoms with van der Waals surface area (Å²) in [4.78, 5) is 13.4. The third kappa shape index (κ3) is 2.98. The molecule has 2 aliphatic heterocycles. The second-order valence-corrected chi connectivity index (χ2v) is 8.16. The van der Waals surface area contributed by atoms with E-state index in [1.54, 1.807) is 12.1 Å². The first kappa shape index (κ1) is 14.6. The summed E-state index contributed by atoms with van der Waals surface area (Å²) >= 11 is 0. The average Bonchev–Trinajstić information content (AvgIpc) is 3.05. The summed E-state index contributed by atoms with van der Waals surface area (Å²) in [5.41, 5.74) is 0.330. The molecule has 0 amide bonds. The average molecular weight is 312 g/mol. The van der Waals surface area contributed by atoms with Gasteiger partial charge in [0, 0.05) is 31.4 Å². The van der Waals surface area contributed by atoms with E-state index in [1.807, 2.05) is 10.8 Å². The Kier molecular flexibility index (Phi) is 3.79. The Morgan fingerprint density at radius 1 is 1.19 bits per heavy atom. The zero-order valence-corrected chi connectivity index (χ0v) is 12.6. The molecule has 116 valence electrons. The molecule has 1 unspecified atom stereocenters. The van der Waals surface area contributed by atoms with Crippen LogP contribution in [0.15, 0.2) is 18.3 Å². The molecule has 2 aliphatic rings. The number of aromatic carboxylic acids is 1. The SMILES string of the molecule is O=C(O)c1cccn1C1CCN(C2CCS(=O)(=O)C2)CC1. The van der Waals surface area contributed by atoms with E-state index < -0.39 is 15.8 Å². The third-order valence-electron chi connectivity index (χ3n) is 4.62. The van der Waals surface area contributed by atoms with E-state index in [0.717, 1.165) is 32.4 Å². The fourth-order valence-corrected chi connectivity index (χ4v) is 5.25. The topological polar surface area (TPSA) is 79.6 Å². The summed E-state index contributed by atoms with van der Waals surface area (Å²) in [5.74, 6) is -0.316. The molecule has 0 bridgehead atoms. The van der Waals surface area contributed by atoms with E-state index in [9.17, 15) is 13.2 Å². The van der Waals surface area contributed by atoms with E-state index in [0.29, 0.717) is 11.4 Å². The van der Waals surface area contributed by atoms with Crippen LogP contribution in [0.25, 0.3) is 0 Å². The Balaban J connectivity index is 1.63. The lowest BCUT2D eigenvalue weighted by molar-refractivity contribution is 0.0676. The maximum absolute atomic E-state index is 11.6. The molecular weight excluding hydrogens is 292 g/mol. The van der Waals surface area contributed by atoms with Gasteiger partial charge in [-0.2, -0.15) is 0 Å². The Morgan fingerprint density at radius 3 is 2.48 bits per heavy atom. The van der Waals surface area contributed by atoms with Crippen molar-refractivity contribution >= 4 is 15.8 Å². The monoisotopic (exact) mass is 312 g/mol. The number of hydrogen-bond acceptors (Lipinski definition) is 4. The minimum Gasteiger partial charge on any atom is -0.477 e. The second-order valence-electron chi connectivity index (χ2n) is 5.93. The van der Waals surface area contributed by atoms with Crippen LogP contribution in [-0.4, -0.2) is 59.6 Å². The van der Waals surface area contributed by atoms with Crippen LogP contribution >= 0.6 is 0 Å². The van der Waals surface area contributed by atoms with Gasteiger partial charge in [0.05, 0.1) is 11.5 Å². The lowest BCUT2D eigenvalue weighted by Gasteiger charge is -2.36. The first-order chi connectivity index (χ1) is 9.96. The highest BCUT2D eigenvalue weighted by atomic mass is 32.2. The van der Waals surface area contributed by atoms with Gasteiger partial charge in [-0.3, -0.25) is 4.90 Å². The predicted molar refractivity (Wildman–Crippen MR) is 78.3 cm³/mol. The van der Waals surface area contributed by atoms with Crippen molar-refractivity contribution in [3.05, 3.63) is 24.0 Å². The Labute approximate surface area is 124 Å². The highest BCUT2D eigenvalue weighted by molar-refractivity contribution is 7.91. The number of nitrogens with zero attached hydrogens (tertiary/aromatic N) is 2. The van der Waals surface area contributed by atoms with Crippen LogP contribution in [0.1, 0.15) is 35.8 Å². The second kappa shape index (κ2) is 5.46. The molecule has 1 atom stereocenters. The van der Waals surface area contributed by atoms with E-state index in [1.165, 1.54) is 0 Å². The number of likely N-dealkylation sites (tertiary alicyclic amines) is 1. The number of rotatable bonds is 3. The first-order valence-corrected chi connectivity index (χ1v) is 9.13. The van der Waals surface area contributed by atoms with Crippen molar-refractivity contribution in [2.45, 2.75) is 31.3 Å². The summed E-state index contributed by atoms with van der Waals surface area (Å²) < 4.78 is 25.0. The van der Waals surface area contributed by atoms with Crippen molar-refractivity contribution in [2.75, 3.05) is 24.6 Å². The normalized spacial score (nSPS) is 27.0. The zero-order valence-electron chi connectivity index (χ0n) is 11.8. The number of carboxylic acids is 1. The van der Waals surface area contributed by atoms with Crippen LogP contribution in [0, 0.1) is 0 Å². The lowest BCUT2D eigenvalue weighted by atomic mass is 10.0. The van der Waals surface area contributed by atoms with Crippen LogP contribution in [0.5, 0.6) is 0 Å². The molecule has 0 saturated carbocycles. The molecule has 1 N–H and O–H groups in total. The van der Waals surface area contributed by atoms with Gasteiger partial charge in [0.2, 0.25) is 0 Å². The van der Waals surface area contributed by atoms with Gasteiger partial charge in [-0.15, -0.1) is 0 Å². The molecule has 7 heteroatoms. The molecule has 0 aromatic carbocycles.